The van der Waals surface area contributed by atoms with Crippen molar-refractivity contribution < 1.29 is 9.13 Å². The highest BCUT2D eigenvalue weighted by Gasteiger charge is 2.20. The first-order valence-electron chi connectivity index (χ1n) is 4.60. The summed E-state index contributed by atoms with van der Waals surface area (Å²) in [5.74, 6) is 0.501. The van der Waals surface area contributed by atoms with E-state index < -0.39 is 0 Å². The zero-order valence-electron chi connectivity index (χ0n) is 8.25. The SMILES string of the molecule is CC1=N[C@@H](c2cccc(F)c2C)CO1. The minimum atomic E-state index is -0.178. The topological polar surface area (TPSA) is 21.6 Å². The van der Waals surface area contributed by atoms with Gasteiger partial charge in [0.25, 0.3) is 0 Å². The Morgan fingerprint density at radius 1 is 1.43 bits per heavy atom. The van der Waals surface area contributed by atoms with E-state index in [1.54, 1.807) is 13.0 Å². The summed E-state index contributed by atoms with van der Waals surface area (Å²) in [6.45, 7) is 4.11. The van der Waals surface area contributed by atoms with Crippen LogP contribution in [0.5, 0.6) is 0 Å². The van der Waals surface area contributed by atoms with Crippen LogP contribution < -0.4 is 0 Å². The van der Waals surface area contributed by atoms with Gasteiger partial charge in [0.05, 0.1) is 0 Å². The number of hydrogen-bond acceptors (Lipinski definition) is 2. The summed E-state index contributed by atoms with van der Waals surface area (Å²) in [5.41, 5.74) is 1.58. The summed E-state index contributed by atoms with van der Waals surface area (Å²) in [7, 11) is 0. The van der Waals surface area contributed by atoms with Crippen molar-refractivity contribution in [1.82, 2.24) is 0 Å². The maximum absolute atomic E-state index is 13.2. The van der Waals surface area contributed by atoms with Crippen LogP contribution in [0.4, 0.5) is 4.39 Å². The van der Waals surface area contributed by atoms with Crippen LogP contribution in [0, 0.1) is 12.7 Å². The molecule has 0 N–H and O–H groups in total. The molecule has 0 unspecified atom stereocenters. The Morgan fingerprint density at radius 3 is 2.86 bits per heavy atom. The minimum absolute atomic E-state index is 0.0364. The summed E-state index contributed by atoms with van der Waals surface area (Å²) in [6.07, 6.45) is 0. The third kappa shape index (κ3) is 1.50. The van der Waals surface area contributed by atoms with Gasteiger partial charge in [-0.1, -0.05) is 12.1 Å². The number of rotatable bonds is 1. The Labute approximate surface area is 82.4 Å². The fourth-order valence-corrected chi connectivity index (χ4v) is 1.64. The Balaban J connectivity index is 2.37. The van der Waals surface area contributed by atoms with Gasteiger partial charge in [-0.15, -0.1) is 0 Å². The van der Waals surface area contributed by atoms with Gasteiger partial charge in [-0.3, -0.25) is 0 Å². The molecule has 3 heteroatoms. The molecule has 0 bridgehead atoms. The smallest absolute Gasteiger partial charge is 0.180 e. The van der Waals surface area contributed by atoms with E-state index in [1.165, 1.54) is 6.07 Å². The van der Waals surface area contributed by atoms with Crippen LogP contribution in [0.3, 0.4) is 0 Å². The van der Waals surface area contributed by atoms with Crippen LogP contribution in [-0.4, -0.2) is 12.5 Å². The van der Waals surface area contributed by atoms with Gasteiger partial charge in [-0.05, 0) is 24.1 Å². The first-order valence-corrected chi connectivity index (χ1v) is 4.60. The Hall–Kier alpha value is -1.38. The average molecular weight is 193 g/mol. The molecule has 1 aliphatic rings. The molecule has 1 atom stereocenters. The Bertz CT molecular complexity index is 387. The maximum Gasteiger partial charge on any atom is 0.180 e. The molecular formula is C11H12FNO. The second kappa shape index (κ2) is 3.40. The molecule has 0 saturated carbocycles. The lowest BCUT2D eigenvalue weighted by Gasteiger charge is -2.09. The van der Waals surface area contributed by atoms with Gasteiger partial charge in [0, 0.05) is 6.92 Å². The van der Waals surface area contributed by atoms with Crippen molar-refractivity contribution in [3.05, 3.63) is 35.1 Å². The molecule has 1 aromatic rings. The van der Waals surface area contributed by atoms with Crippen LogP contribution in [0.25, 0.3) is 0 Å². The minimum Gasteiger partial charge on any atom is -0.479 e. The lowest BCUT2D eigenvalue weighted by molar-refractivity contribution is 0.316. The average Bonchev–Trinajstić information content (AvgIpc) is 2.57. The van der Waals surface area contributed by atoms with Crippen molar-refractivity contribution in [1.29, 1.82) is 0 Å². The summed E-state index contributed by atoms with van der Waals surface area (Å²) < 4.78 is 18.5. The van der Waals surface area contributed by atoms with E-state index in [4.69, 9.17) is 4.74 Å². The van der Waals surface area contributed by atoms with E-state index in [9.17, 15) is 4.39 Å². The van der Waals surface area contributed by atoms with Gasteiger partial charge in [-0.2, -0.15) is 0 Å². The van der Waals surface area contributed by atoms with Crippen LogP contribution >= 0.6 is 0 Å². The number of hydrogen-bond donors (Lipinski definition) is 0. The third-order valence-corrected chi connectivity index (χ3v) is 2.46. The van der Waals surface area contributed by atoms with E-state index in [2.05, 4.69) is 4.99 Å². The zero-order valence-corrected chi connectivity index (χ0v) is 8.25. The molecule has 14 heavy (non-hydrogen) atoms. The molecule has 0 saturated heterocycles. The summed E-state index contributed by atoms with van der Waals surface area (Å²) in [6, 6.07) is 5.03. The largest absolute Gasteiger partial charge is 0.479 e. The predicted octanol–water partition coefficient (Wildman–Crippen LogP) is 2.62. The Morgan fingerprint density at radius 2 is 2.21 bits per heavy atom. The van der Waals surface area contributed by atoms with E-state index in [-0.39, 0.29) is 11.9 Å². The molecule has 1 heterocycles. The molecule has 0 aromatic heterocycles. The monoisotopic (exact) mass is 193 g/mol. The predicted molar refractivity (Wildman–Crippen MR) is 52.9 cm³/mol. The molecule has 74 valence electrons. The van der Waals surface area contributed by atoms with Gasteiger partial charge in [-0.25, -0.2) is 9.38 Å². The molecule has 1 aromatic carbocycles. The standard InChI is InChI=1S/C11H12FNO/c1-7-9(4-3-5-10(7)12)11-6-14-8(2)13-11/h3-5,11H,6H2,1-2H3/t11-/m1/s1. The summed E-state index contributed by atoms with van der Waals surface area (Å²) in [4.78, 5) is 4.29. The van der Waals surface area contributed by atoms with E-state index in [0.717, 1.165) is 5.56 Å². The first kappa shape index (κ1) is 9.19. The number of benzene rings is 1. The molecule has 2 nitrogen and oxygen atoms in total. The number of ether oxygens (including phenoxy) is 1. The zero-order chi connectivity index (χ0) is 10.1. The summed E-state index contributed by atoms with van der Waals surface area (Å²) in [5, 5.41) is 0. The molecule has 2 rings (SSSR count). The second-order valence-electron chi connectivity index (χ2n) is 3.43. The molecule has 1 aliphatic heterocycles. The Kier molecular flexibility index (Phi) is 2.23. The van der Waals surface area contributed by atoms with Crippen molar-refractivity contribution in [3.63, 3.8) is 0 Å². The molecule has 0 amide bonds. The highest BCUT2D eigenvalue weighted by atomic mass is 19.1. The maximum atomic E-state index is 13.2. The van der Waals surface area contributed by atoms with Gasteiger partial charge in [0.15, 0.2) is 5.90 Å². The van der Waals surface area contributed by atoms with E-state index in [1.807, 2.05) is 13.0 Å². The van der Waals surface area contributed by atoms with Crippen LogP contribution in [0.15, 0.2) is 23.2 Å². The van der Waals surface area contributed by atoms with Gasteiger partial charge in [0.1, 0.15) is 18.5 Å². The van der Waals surface area contributed by atoms with Crippen molar-refractivity contribution in [2.75, 3.05) is 6.61 Å². The van der Waals surface area contributed by atoms with Gasteiger partial charge < -0.3 is 4.74 Å². The van der Waals surface area contributed by atoms with Crippen molar-refractivity contribution in [2.24, 2.45) is 4.99 Å². The highest BCUT2D eigenvalue weighted by Crippen LogP contribution is 2.26. The molecule has 0 aliphatic carbocycles. The fourth-order valence-electron chi connectivity index (χ4n) is 1.64. The lowest BCUT2D eigenvalue weighted by Crippen LogP contribution is -2.01. The molecule has 0 radical (unpaired) electrons. The van der Waals surface area contributed by atoms with Crippen molar-refractivity contribution in [3.8, 4) is 0 Å². The summed E-state index contributed by atoms with van der Waals surface area (Å²) >= 11 is 0. The van der Waals surface area contributed by atoms with Crippen LogP contribution in [0.1, 0.15) is 24.1 Å². The number of halogens is 1. The van der Waals surface area contributed by atoms with Gasteiger partial charge in [0.2, 0.25) is 0 Å². The van der Waals surface area contributed by atoms with E-state index in [0.29, 0.717) is 18.1 Å². The van der Waals surface area contributed by atoms with Crippen LogP contribution in [-0.2, 0) is 4.74 Å². The first-order chi connectivity index (χ1) is 6.68. The molecule has 0 fully saturated rings. The fraction of sp³-hybridized carbons (Fsp3) is 0.364. The normalized spacial score (nSPS) is 20.5. The third-order valence-electron chi connectivity index (χ3n) is 2.46. The second-order valence-corrected chi connectivity index (χ2v) is 3.43. The quantitative estimate of drug-likeness (QED) is 0.671. The number of nitrogens with zero attached hydrogens (tertiary/aromatic N) is 1. The van der Waals surface area contributed by atoms with Crippen LogP contribution in [0.2, 0.25) is 0 Å². The molecular weight excluding hydrogens is 181 g/mol. The van der Waals surface area contributed by atoms with Gasteiger partial charge >= 0.3 is 0 Å². The molecule has 0 spiro atoms. The van der Waals surface area contributed by atoms with Crippen molar-refractivity contribution >= 4 is 5.90 Å². The van der Waals surface area contributed by atoms with Crippen molar-refractivity contribution in [2.45, 2.75) is 19.9 Å². The number of aliphatic imine (C=N–C) groups is 1. The highest BCUT2D eigenvalue weighted by molar-refractivity contribution is 5.75. The van der Waals surface area contributed by atoms with E-state index >= 15 is 0 Å². The lowest BCUT2D eigenvalue weighted by atomic mass is 10.0.